The Kier molecular flexibility index (Phi) is 4.38. The number of alkyl halides is 1. The van der Waals surface area contributed by atoms with Crippen molar-refractivity contribution < 1.29 is 14.2 Å². The maximum absolute atomic E-state index is 13.3. The lowest BCUT2D eigenvalue weighted by atomic mass is 10.0. The molecule has 18 heavy (non-hydrogen) atoms. The van der Waals surface area contributed by atoms with E-state index in [0.29, 0.717) is 11.3 Å². The van der Waals surface area contributed by atoms with E-state index in [0.717, 1.165) is 26.2 Å². The highest BCUT2D eigenvalue weighted by Gasteiger charge is 2.24. The molecule has 0 amide bonds. The lowest BCUT2D eigenvalue weighted by molar-refractivity contribution is 0.145. The molecule has 1 atom stereocenters. The van der Waals surface area contributed by atoms with Crippen LogP contribution in [0.5, 0.6) is 11.5 Å². The zero-order chi connectivity index (χ0) is 13.0. The van der Waals surface area contributed by atoms with Gasteiger partial charge in [-0.1, -0.05) is 0 Å². The van der Waals surface area contributed by atoms with Crippen LogP contribution in [-0.2, 0) is 0 Å². The van der Waals surface area contributed by atoms with Crippen LogP contribution in [0.3, 0.4) is 0 Å². The lowest BCUT2D eigenvalue weighted by Crippen LogP contribution is -2.45. The maximum atomic E-state index is 13.3. The first kappa shape index (κ1) is 13.1. The molecule has 2 N–H and O–H groups in total. The van der Waals surface area contributed by atoms with E-state index in [2.05, 4.69) is 10.2 Å². The van der Waals surface area contributed by atoms with Gasteiger partial charge in [0.2, 0.25) is 0 Å². The van der Waals surface area contributed by atoms with Crippen LogP contribution < -0.4 is 10.1 Å². The molecule has 0 unspecified atom stereocenters. The van der Waals surface area contributed by atoms with Crippen LogP contribution in [0, 0.1) is 0 Å². The van der Waals surface area contributed by atoms with Crippen molar-refractivity contribution in [1.29, 1.82) is 0 Å². The summed E-state index contributed by atoms with van der Waals surface area (Å²) in [6.07, 6.45) is 0. The van der Waals surface area contributed by atoms with Gasteiger partial charge in [0, 0.05) is 37.8 Å². The third-order valence-electron chi connectivity index (χ3n) is 3.34. The highest BCUT2D eigenvalue weighted by molar-refractivity contribution is 5.41. The first-order valence-corrected chi connectivity index (χ1v) is 6.14. The zero-order valence-corrected chi connectivity index (χ0v) is 10.5. The number of benzene rings is 1. The maximum Gasteiger partial charge on any atom is 0.124 e. The average molecular weight is 254 g/mol. The number of ether oxygens (including phenoxy) is 1. The predicted molar refractivity (Wildman–Crippen MR) is 67.8 cm³/mol. The van der Waals surface area contributed by atoms with Gasteiger partial charge in [0.1, 0.15) is 18.2 Å². The van der Waals surface area contributed by atoms with Crippen LogP contribution in [0.2, 0.25) is 0 Å². The molecule has 1 aliphatic heterocycles. The Morgan fingerprint density at radius 1 is 1.44 bits per heavy atom. The molecule has 100 valence electrons. The molecule has 1 fully saturated rings. The van der Waals surface area contributed by atoms with Gasteiger partial charge in [0.25, 0.3) is 0 Å². The Labute approximate surface area is 106 Å². The van der Waals surface area contributed by atoms with E-state index in [-0.39, 0.29) is 11.8 Å². The minimum Gasteiger partial charge on any atom is -0.507 e. The van der Waals surface area contributed by atoms with E-state index < -0.39 is 6.67 Å². The molecule has 5 heteroatoms. The smallest absolute Gasteiger partial charge is 0.124 e. The largest absolute Gasteiger partial charge is 0.507 e. The minimum absolute atomic E-state index is 0.0931. The fraction of sp³-hybridized carbons (Fsp3) is 0.538. The number of hydrogen-bond acceptors (Lipinski definition) is 4. The average Bonchev–Trinajstić information content (AvgIpc) is 2.42. The number of methoxy groups -OCH3 is 1. The van der Waals surface area contributed by atoms with Crippen LogP contribution in [0.25, 0.3) is 0 Å². The number of nitrogens with one attached hydrogen (secondary N) is 1. The fourth-order valence-corrected chi connectivity index (χ4v) is 2.30. The summed E-state index contributed by atoms with van der Waals surface area (Å²) < 4.78 is 18.3. The summed E-state index contributed by atoms with van der Waals surface area (Å²) in [5.41, 5.74) is 0.625. The highest BCUT2D eigenvalue weighted by Crippen LogP contribution is 2.32. The van der Waals surface area contributed by atoms with E-state index in [1.807, 2.05) is 0 Å². The Hall–Kier alpha value is -1.33. The van der Waals surface area contributed by atoms with Crippen LogP contribution in [0.4, 0.5) is 4.39 Å². The predicted octanol–water partition coefficient (Wildman–Crippen LogP) is 1.32. The number of phenols is 1. The molecular formula is C13H19FN2O2. The number of piperazine rings is 1. The van der Waals surface area contributed by atoms with Crippen LogP contribution in [0.15, 0.2) is 18.2 Å². The van der Waals surface area contributed by atoms with Gasteiger partial charge in [-0.05, 0) is 12.1 Å². The quantitative estimate of drug-likeness (QED) is 0.850. The molecule has 1 saturated heterocycles. The summed E-state index contributed by atoms with van der Waals surface area (Å²) in [4.78, 5) is 2.05. The topological polar surface area (TPSA) is 44.7 Å². The molecule has 0 spiro atoms. The minimum atomic E-state index is -0.500. The number of rotatable bonds is 4. The molecule has 0 bridgehead atoms. The molecule has 0 aliphatic carbocycles. The van der Waals surface area contributed by atoms with E-state index >= 15 is 0 Å². The van der Waals surface area contributed by atoms with Crippen molar-refractivity contribution in [3.8, 4) is 11.5 Å². The van der Waals surface area contributed by atoms with Gasteiger partial charge in [-0.3, -0.25) is 4.90 Å². The third-order valence-corrected chi connectivity index (χ3v) is 3.34. The van der Waals surface area contributed by atoms with E-state index in [9.17, 15) is 9.50 Å². The molecule has 1 heterocycles. The monoisotopic (exact) mass is 254 g/mol. The van der Waals surface area contributed by atoms with E-state index in [4.69, 9.17) is 4.74 Å². The lowest BCUT2D eigenvalue weighted by Gasteiger charge is -2.33. The fourth-order valence-electron chi connectivity index (χ4n) is 2.30. The molecule has 4 nitrogen and oxygen atoms in total. The number of aromatic hydroxyl groups is 1. The highest BCUT2D eigenvalue weighted by atomic mass is 19.1. The van der Waals surface area contributed by atoms with Crippen molar-refractivity contribution in [1.82, 2.24) is 10.2 Å². The van der Waals surface area contributed by atoms with E-state index in [1.54, 1.807) is 12.1 Å². The van der Waals surface area contributed by atoms with Gasteiger partial charge in [-0.2, -0.15) is 0 Å². The van der Waals surface area contributed by atoms with Gasteiger partial charge >= 0.3 is 0 Å². The van der Waals surface area contributed by atoms with Crippen LogP contribution in [-0.4, -0.2) is 50.0 Å². The van der Waals surface area contributed by atoms with Crippen molar-refractivity contribution in [2.24, 2.45) is 0 Å². The normalized spacial score (nSPS) is 18.6. The number of halogens is 1. The summed E-state index contributed by atoms with van der Waals surface area (Å²) in [7, 11) is 1.54. The van der Waals surface area contributed by atoms with Gasteiger partial charge in [-0.25, -0.2) is 4.39 Å². The Bertz CT molecular complexity index is 395. The second-order valence-corrected chi connectivity index (χ2v) is 4.38. The second-order valence-electron chi connectivity index (χ2n) is 4.38. The van der Waals surface area contributed by atoms with Gasteiger partial charge in [-0.15, -0.1) is 0 Å². The second kappa shape index (κ2) is 6.02. The zero-order valence-electron chi connectivity index (χ0n) is 10.5. The van der Waals surface area contributed by atoms with E-state index in [1.165, 1.54) is 13.2 Å². The molecule has 0 radical (unpaired) electrons. The summed E-state index contributed by atoms with van der Waals surface area (Å²) in [6.45, 7) is 2.79. The summed E-state index contributed by atoms with van der Waals surface area (Å²) in [5, 5.41) is 13.2. The first-order chi connectivity index (χ1) is 8.76. The van der Waals surface area contributed by atoms with Gasteiger partial charge in [0.15, 0.2) is 0 Å². The van der Waals surface area contributed by atoms with Crippen molar-refractivity contribution in [3.63, 3.8) is 0 Å². The SMILES string of the molecule is COc1ccc([C@H](CF)N2CCNCC2)c(O)c1. The van der Waals surface area contributed by atoms with Crippen molar-refractivity contribution in [2.45, 2.75) is 6.04 Å². The molecule has 0 saturated carbocycles. The molecule has 1 aromatic carbocycles. The van der Waals surface area contributed by atoms with Crippen molar-refractivity contribution >= 4 is 0 Å². The molecule has 1 aliphatic rings. The Balaban J connectivity index is 2.20. The van der Waals surface area contributed by atoms with Crippen molar-refractivity contribution in [3.05, 3.63) is 23.8 Å². The number of nitrogens with zero attached hydrogens (tertiary/aromatic N) is 1. The van der Waals surface area contributed by atoms with Gasteiger partial charge in [0.05, 0.1) is 13.2 Å². The molecular weight excluding hydrogens is 235 g/mol. The third kappa shape index (κ3) is 2.73. The van der Waals surface area contributed by atoms with Crippen LogP contribution >= 0.6 is 0 Å². The standard InChI is InChI=1S/C13H19FN2O2/c1-18-10-2-3-11(13(17)8-10)12(9-14)16-6-4-15-5-7-16/h2-3,8,12,15,17H,4-7,9H2,1H3/t12-/m0/s1. The summed E-state index contributed by atoms with van der Waals surface area (Å²) in [6, 6.07) is 4.64. The number of hydrogen-bond donors (Lipinski definition) is 2. The first-order valence-electron chi connectivity index (χ1n) is 6.14. The molecule has 1 aromatic rings. The number of phenolic OH excluding ortho intramolecular Hbond substituents is 1. The summed E-state index contributed by atoms with van der Waals surface area (Å²) >= 11 is 0. The molecule has 2 rings (SSSR count). The molecule has 0 aromatic heterocycles. The van der Waals surface area contributed by atoms with Gasteiger partial charge < -0.3 is 15.2 Å². The Morgan fingerprint density at radius 3 is 2.72 bits per heavy atom. The van der Waals surface area contributed by atoms with Crippen LogP contribution in [0.1, 0.15) is 11.6 Å². The Morgan fingerprint density at radius 2 is 2.17 bits per heavy atom. The summed E-state index contributed by atoms with van der Waals surface area (Å²) in [5.74, 6) is 0.671. The van der Waals surface area contributed by atoms with Crippen molar-refractivity contribution in [2.75, 3.05) is 40.0 Å².